The van der Waals surface area contributed by atoms with Gasteiger partial charge in [0.25, 0.3) is 5.91 Å². The SMILES string of the molecule is Cc1cc(C)c(-c2csc(NC(=O)c3ccnc(N4CCN(C)CC4)c3)n2)c(C)c1. The maximum absolute atomic E-state index is 12.8. The van der Waals surface area contributed by atoms with Crippen LogP contribution >= 0.6 is 11.3 Å². The predicted octanol–water partition coefficient (Wildman–Crippen LogP) is 4.13. The molecule has 1 N–H and O–H groups in total. The molecular weight excluding hydrogens is 394 g/mol. The highest BCUT2D eigenvalue weighted by Crippen LogP contribution is 2.31. The molecule has 0 unspecified atom stereocenters. The van der Waals surface area contributed by atoms with E-state index < -0.39 is 0 Å². The Morgan fingerprint density at radius 3 is 2.47 bits per heavy atom. The molecule has 1 aliphatic rings. The molecule has 0 atom stereocenters. The van der Waals surface area contributed by atoms with Gasteiger partial charge >= 0.3 is 0 Å². The molecule has 156 valence electrons. The maximum Gasteiger partial charge on any atom is 0.257 e. The second kappa shape index (κ2) is 8.53. The molecule has 1 amide bonds. The molecule has 6 nitrogen and oxygen atoms in total. The van der Waals surface area contributed by atoms with Crippen molar-refractivity contribution in [3.63, 3.8) is 0 Å². The number of nitrogens with one attached hydrogen (secondary N) is 1. The lowest BCUT2D eigenvalue weighted by Crippen LogP contribution is -2.44. The van der Waals surface area contributed by atoms with E-state index in [-0.39, 0.29) is 5.91 Å². The molecule has 0 radical (unpaired) electrons. The molecular formula is C23H27N5OS. The van der Waals surface area contributed by atoms with Crippen LogP contribution in [0.25, 0.3) is 11.3 Å². The number of aryl methyl sites for hydroxylation is 3. The van der Waals surface area contributed by atoms with Gasteiger partial charge < -0.3 is 9.80 Å². The molecule has 1 saturated heterocycles. The normalized spacial score (nSPS) is 14.7. The van der Waals surface area contributed by atoms with Crippen molar-refractivity contribution in [3.8, 4) is 11.3 Å². The summed E-state index contributed by atoms with van der Waals surface area (Å²) in [7, 11) is 2.12. The first-order chi connectivity index (χ1) is 14.4. The molecule has 2 aromatic heterocycles. The summed E-state index contributed by atoms with van der Waals surface area (Å²) >= 11 is 1.45. The Hall–Kier alpha value is -2.77. The van der Waals surface area contributed by atoms with Gasteiger partial charge in [0.1, 0.15) is 5.82 Å². The summed E-state index contributed by atoms with van der Waals surface area (Å²) in [4.78, 5) is 26.5. The maximum atomic E-state index is 12.8. The summed E-state index contributed by atoms with van der Waals surface area (Å²) in [6.07, 6.45) is 1.70. The standard InChI is InChI=1S/C23H27N5OS/c1-15-11-16(2)21(17(3)12-15)19-14-30-23(25-19)26-22(29)18-5-6-24-20(13-18)28-9-7-27(4)8-10-28/h5-6,11-14H,7-10H2,1-4H3,(H,25,26,29). The largest absolute Gasteiger partial charge is 0.354 e. The van der Waals surface area contributed by atoms with Crippen LogP contribution in [0.5, 0.6) is 0 Å². The summed E-state index contributed by atoms with van der Waals surface area (Å²) in [5, 5.41) is 5.56. The van der Waals surface area contributed by atoms with Crippen LogP contribution in [0.3, 0.4) is 0 Å². The topological polar surface area (TPSA) is 61.4 Å². The number of likely N-dealkylation sites (N-methyl/N-ethyl adjacent to an activating group) is 1. The fraction of sp³-hybridized carbons (Fsp3) is 0.348. The van der Waals surface area contributed by atoms with Crippen molar-refractivity contribution < 1.29 is 4.79 Å². The predicted molar refractivity (Wildman–Crippen MR) is 124 cm³/mol. The molecule has 0 bridgehead atoms. The zero-order valence-corrected chi connectivity index (χ0v) is 18.7. The van der Waals surface area contributed by atoms with E-state index in [1.54, 1.807) is 12.3 Å². The van der Waals surface area contributed by atoms with E-state index in [2.05, 4.69) is 65.0 Å². The summed E-state index contributed by atoms with van der Waals surface area (Å²) in [6, 6.07) is 7.94. The van der Waals surface area contributed by atoms with Gasteiger partial charge in [0.15, 0.2) is 5.13 Å². The van der Waals surface area contributed by atoms with Crippen LogP contribution in [-0.4, -0.2) is 54.0 Å². The van der Waals surface area contributed by atoms with Crippen LogP contribution in [0.15, 0.2) is 35.8 Å². The third kappa shape index (κ3) is 4.37. The highest BCUT2D eigenvalue weighted by atomic mass is 32.1. The van der Waals surface area contributed by atoms with E-state index in [9.17, 15) is 4.79 Å². The first-order valence-electron chi connectivity index (χ1n) is 10.2. The molecule has 3 aromatic rings. The number of hydrogen-bond donors (Lipinski definition) is 1. The van der Waals surface area contributed by atoms with Gasteiger partial charge in [-0.05, 0) is 51.1 Å². The number of carbonyl (C=O) groups is 1. The van der Waals surface area contributed by atoms with Crippen LogP contribution in [0, 0.1) is 20.8 Å². The molecule has 1 fully saturated rings. The molecule has 1 aliphatic heterocycles. The van der Waals surface area contributed by atoms with E-state index in [4.69, 9.17) is 0 Å². The average molecular weight is 422 g/mol. The number of anilines is 2. The zero-order chi connectivity index (χ0) is 21.3. The van der Waals surface area contributed by atoms with Crippen molar-refractivity contribution in [1.29, 1.82) is 0 Å². The Labute approximate surface area is 181 Å². The number of piperazine rings is 1. The van der Waals surface area contributed by atoms with Gasteiger partial charge in [0.2, 0.25) is 0 Å². The lowest BCUT2D eigenvalue weighted by atomic mass is 9.98. The number of thiazole rings is 1. The van der Waals surface area contributed by atoms with Gasteiger partial charge in [0, 0.05) is 48.9 Å². The number of hydrogen-bond acceptors (Lipinski definition) is 6. The molecule has 0 aliphatic carbocycles. The quantitative estimate of drug-likeness (QED) is 0.686. The van der Waals surface area contributed by atoms with Crippen LogP contribution < -0.4 is 10.2 Å². The highest BCUT2D eigenvalue weighted by Gasteiger charge is 2.18. The molecule has 4 rings (SSSR count). The van der Waals surface area contributed by atoms with Gasteiger partial charge in [-0.3, -0.25) is 10.1 Å². The van der Waals surface area contributed by atoms with Crippen LogP contribution in [0.1, 0.15) is 27.0 Å². The number of nitrogens with zero attached hydrogens (tertiary/aromatic N) is 4. The summed E-state index contributed by atoms with van der Waals surface area (Å²) < 4.78 is 0. The van der Waals surface area contributed by atoms with Gasteiger partial charge in [0.05, 0.1) is 5.69 Å². The second-order valence-corrected chi connectivity index (χ2v) is 8.82. The molecule has 0 saturated carbocycles. The fourth-order valence-corrected chi connectivity index (χ4v) is 4.66. The summed E-state index contributed by atoms with van der Waals surface area (Å²) in [5.41, 5.74) is 6.27. The highest BCUT2D eigenvalue weighted by molar-refractivity contribution is 7.14. The van der Waals surface area contributed by atoms with E-state index in [0.717, 1.165) is 43.3 Å². The van der Waals surface area contributed by atoms with Crippen molar-refractivity contribution in [1.82, 2.24) is 14.9 Å². The van der Waals surface area contributed by atoms with Crippen molar-refractivity contribution >= 4 is 28.2 Å². The lowest BCUT2D eigenvalue weighted by molar-refractivity contribution is 0.102. The molecule has 1 aromatic carbocycles. The summed E-state index contributed by atoms with van der Waals surface area (Å²) in [5.74, 6) is 0.688. The lowest BCUT2D eigenvalue weighted by Gasteiger charge is -2.33. The average Bonchev–Trinajstić information content (AvgIpc) is 3.15. The van der Waals surface area contributed by atoms with Gasteiger partial charge in [-0.15, -0.1) is 11.3 Å². The number of rotatable bonds is 4. The Morgan fingerprint density at radius 1 is 1.07 bits per heavy atom. The number of amides is 1. The third-order valence-electron chi connectivity index (χ3n) is 5.49. The Morgan fingerprint density at radius 2 is 1.77 bits per heavy atom. The van der Waals surface area contributed by atoms with Gasteiger partial charge in [-0.25, -0.2) is 9.97 Å². The number of pyridine rings is 1. The number of benzene rings is 1. The van der Waals surface area contributed by atoms with Crippen LogP contribution in [0.2, 0.25) is 0 Å². The van der Waals surface area contributed by atoms with Gasteiger partial charge in [-0.2, -0.15) is 0 Å². The molecule has 0 spiro atoms. The summed E-state index contributed by atoms with van der Waals surface area (Å²) in [6.45, 7) is 10.1. The first kappa shape index (κ1) is 20.5. The van der Waals surface area contributed by atoms with E-state index in [1.807, 2.05) is 11.4 Å². The first-order valence-corrected chi connectivity index (χ1v) is 11.0. The van der Waals surface area contributed by atoms with E-state index in [0.29, 0.717) is 10.7 Å². The van der Waals surface area contributed by atoms with Crippen molar-refractivity contribution in [3.05, 3.63) is 58.1 Å². The number of carbonyl (C=O) groups excluding carboxylic acids is 1. The Balaban J connectivity index is 1.50. The monoisotopic (exact) mass is 421 g/mol. The minimum Gasteiger partial charge on any atom is -0.354 e. The smallest absolute Gasteiger partial charge is 0.257 e. The number of aromatic nitrogens is 2. The van der Waals surface area contributed by atoms with Gasteiger partial charge in [-0.1, -0.05) is 17.7 Å². The minimum absolute atomic E-state index is 0.161. The van der Waals surface area contributed by atoms with E-state index in [1.165, 1.54) is 28.0 Å². The van der Waals surface area contributed by atoms with Crippen LogP contribution in [0.4, 0.5) is 10.9 Å². The second-order valence-electron chi connectivity index (χ2n) is 7.96. The van der Waals surface area contributed by atoms with Crippen molar-refractivity contribution in [2.45, 2.75) is 20.8 Å². The fourth-order valence-electron chi connectivity index (χ4n) is 3.97. The zero-order valence-electron chi connectivity index (χ0n) is 17.9. The van der Waals surface area contributed by atoms with Crippen LogP contribution in [-0.2, 0) is 0 Å². The molecule has 7 heteroatoms. The molecule has 3 heterocycles. The Kier molecular flexibility index (Phi) is 5.83. The van der Waals surface area contributed by atoms with Crippen molar-refractivity contribution in [2.75, 3.05) is 43.4 Å². The third-order valence-corrected chi connectivity index (χ3v) is 6.25. The minimum atomic E-state index is -0.161. The van der Waals surface area contributed by atoms with Crippen molar-refractivity contribution in [2.24, 2.45) is 0 Å². The molecule has 30 heavy (non-hydrogen) atoms. The van der Waals surface area contributed by atoms with E-state index >= 15 is 0 Å². The Bertz CT molecular complexity index is 1050.